The molecule has 0 aliphatic heterocycles. The van der Waals surface area contributed by atoms with E-state index in [0.29, 0.717) is 22.4 Å². The Morgan fingerprint density at radius 2 is 1.69 bits per heavy atom. The molecule has 2 amide bonds. The number of H-pyrrole nitrogens is 1. The number of thioether (sulfide) groups is 1. The first-order valence-electron chi connectivity index (χ1n) is 7.73. The van der Waals surface area contributed by atoms with Gasteiger partial charge in [0.05, 0.1) is 5.75 Å². The van der Waals surface area contributed by atoms with Gasteiger partial charge in [0, 0.05) is 36.3 Å². The maximum atomic E-state index is 12.0. The number of aromatic nitrogens is 4. The predicted octanol–water partition coefficient (Wildman–Crippen LogP) is 2.56. The summed E-state index contributed by atoms with van der Waals surface area (Å²) in [6, 6.07) is 10.5. The Kier molecular flexibility index (Phi) is 5.59. The SMILES string of the molecule is CC(=O)Nc1ccc(NC(=O)CSc2n[nH]c(-c3ccncc3)n2)cc1. The van der Waals surface area contributed by atoms with Crippen molar-refractivity contribution in [2.45, 2.75) is 12.1 Å². The summed E-state index contributed by atoms with van der Waals surface area (Å²) in [5, 5.41) is 12.9. The average molecular weight is 368 g/mol. The van der Waals surface area contributed by atoms with Crippen LogP contribution in [0.1, 0.15) is 6.92 Å². The van der Waals surface area contributed by atoms with Gasteiger partial charge in [0.1, 0.15) is 0 Å². The molecular weight excluding hydrogens is 352 g/mol. The molecule has 2 aromatic heterocycles. The van der Waals surface area contributed by atoms with E-state index < -0.39 is 0 Å². The molecule has 0 saturated carbocycles. The number of rotatable bonds is 6. The van der Waals surface area contributed by atoms with Crippen LogP contribution in [0.5, 0.6) is 0 Å². The lowest BCUT2D eigenvalue weighted by Crippen LogP contribution is -2.14. The van der Waals surface area contributed by atoms with Crippen molar-refractivity contribution >= 4 is 35.0 Å². The second kappa shape index (κ2) is 8.26. The Hall–Kier alpha value is -3.20. The van der Waals surface area contributed by atoms with Crippen LogP contribution in [0.4, 0.5) is 11.4 Å². The Morgan fingerprint density at radius 1 is 1.04 bits per heavy atom. The van der Waals surface area contributed by atoms with E-state index in [1.807, 2.05) is 12.1 Å². The number of nitrogens with one attached hydrogen (secondary N) is 3. The molecule has 0 aliphatic rings. The Morgan fingerprint density at radius 3 is 2.35 bits per heavy atom. The minimum atomic E-state index is -0.169. The molecule has 0 aliphatic carbocycles. The molecule has 3 aromatic rings. The van der Waals surface area contributed by atoms with Crippen molar-refractivity contribution in [3.05, 3.63) is 48.8 Å². The number of anilines is 2. The van der Waals surface area contributed by atoms with Crippen LogP contribution in [0, 0.1) is 0 Å². The highest BCUT2D eigenvalue weighted by Crippen LogP contribution is 2.19. The number of benzene rings is 1. The summed E-state index contributed by atoms with van der Waals surface area (Å²) < 4.78 is 0. The minimum Gasteiger partial charge on any atom is -0.326 e. The van der Waals surface area contributed by atoms with Crippen LogP contribution >= 0.6 is 11.8 Å². The molecule has 0 saturated heterocycles. The van der Waals surface area contributed by atoms with Gasteiger partial charge in [0.15, 0.2) is 5.82 Å². The van der Waals surface area contributed by atoms with Crippen molar-refractivity contribution in [3.63, 3.8) is 0 Å². The number of nitrogens with zero attached hydrogens (tertiary/aromatic N) is 3. The normalized spacial score (nSPS) is 10.3. The van der Waals surface area contributed by atoms with Crippen molar-refractivity contribution in [3.8, 4) is 11.4 Å². The molecule has 0 spiro atoms. The van der Waals surface area contributed by atoms with Gasteiger partial charge in [-0.2, -0.15) is 0 Å². The van der Waals surface area contributed by atoms with E-state index >= 15 is 0 Å². The van der Waals surface area contributed by atoms with E-state index in [2.05, 4.69) is 30.8 Å². The lowest BCUT2D eigenvalue weighted by atomic mass is 10.3. The minimum absolute atomic E-state index is 0.143. The summed E-state index contributed by atoms with van der Waals surface area (Å²) in [7, 11) is 0. The molecule has 1 aromatic carbocycles. The fourth-order valence-corrected chi connectivity index (χ4v) is 2.72. The molecule has 3 rings (SSSR count). The zero-order valence-electron chi connectivity index (χ0n) is 13.9. The maximum Gasteiger partial charge on any atom is 0.234 e. The van der Waals surface area contributed by atoms with Gasteiger partial charge in [-0.25, -0.2) is 4.98 Å². The van der Waals surface area contributed by atoms with E-state index in [0.717, 1.165) is 5.56 Å². The molecule has 2 heterocycles. The van der Waals surface area contributed by atoms with Crippen molar-refractivity contribution in [2.75, 3.05) is 16.4 Å². The maximum absolute atomic E-state index is 12.0. The summed E-state index contributed by atoms with van der Waals surface area (Å²) >= 11 is 1.24. The number of pyridine rings is 1. The molecule has 0 bridgehead atoms. The molecule has 9 heteroatoms. The fraction of sp³-hybridized carbons (Fsp3) is 0.118. The Labute approximate surface area is 153 Å². The Bertz CT molecular complexity index is 895. The summed E-state index contributed by atoms with van der Waals surface area (Å²) in [6.07, 6.45) is 3.35. The summed E-state index contributed by atoms with van der Waals surface area (Å²) in [6.45, 7) is 1.44. The van der Waals surface area contributed by atoms with Crippen molar-refractivity contribution in [2.24, 2.45) is 0 Å². The van der Waals surface area contributed by atoms with Crippen LogP contribution in [0.25, 0.3) is 11.4 Å². The third-order valence-corrected chi connectivity index (χ3v) is 4.09. The van der Waals surface area contributed by atoms with Crippen LogP contribution < -0.4 is 10.6 Å². The second-order valence-corrected chi connectivity index (χ2v) is 6.24. The number of aromatic amines is 1. The van der Waals surface area contributed by atoms with E-state index in [9.17, 15) is 9.59 Å². The second-order valence-electron chi connectivity index (χ2n) is 5.30. The third kappa shape index (κ3) is 4.90. The van der Waals surface area contributed by atoms with E-state index in [1.165, 1.54) is 18.7 Å². The fourth-order valence-electron chi connectivity index (χ4n) is 2.12. The lowest BCUT2D eigenvalue weighted by Gasteiger charge is -2.06. The quantitative estimate of drug-likeness (QED) is 0.576. The molecule has 3 N–H and O–H groups in total. The topological polar surface area (TPSA) is 113 Å². The van der Waals surface area contributed by atoms with Gasteiger partial charge in [-0.3, -0.25) is 19.7 Å². The average Bonchev–Trinajstić information content (AvgIpc) is 3.11. The zero-order valence-corrected chi connectivity index (χ0v) is 14.7. The smallest absolute Gasteiger partial charge is 0.234 e. The molecule has 0 atom stereocenters. The van der Waals surface area contributed by atoms with Gasteiger partial charge in [-0.05, 0) is 36.4 Å². The van der Waals surface area contributed by atoms with Crippen molar-refractivity contribution < 1.29 is 9.59 Å². The first-order valence-corrected chi connectivity index (χ1v) is 8.72. The Balaban J connectivity index is 1.51. The van der Waals surface area contributed by atoms with Crippen LogP contribution in [-0.2, 0) is 9.59 Å². The molecule has 26 heavy (non-hydrogen) atoms. The number of carbonyl (C=O) groups excluding carboxylic acids is 2. The lowest BCUT2D eigenvalue weighted by molar-refractivity contribution is -0.114. The molecule has 0 unspecified atom stereocenters. The van der Waals surface area contributed by atoms with Gasteiger partial charge in [-0.1, -0.05) is 11.8 Å². The molecule has 132 valence electrons. The zero-order chi connectivity index (χ0) is 18.4. The highest BCUT2D eigenvalue weighted by Gasteiger charge is 2.09. The van der Waals surface area contributed by atoms with Crippen LogP contribution in [0.15, 0.2) is 53.9 Å². The predicted molar refractivity (Wildman–Crippen MR) is 99.7 cm³/mol. The van der Waals surface area contributed by atoms with Crippen molar-refractivity contribution in [1.82, 2.24) is 20.2 Å². The van der Waals surface area contributed by atoms with E-state index in [1.54, 1.807) is 36.7 Å². The summed E-state index contributed by atoms with van der Waals surface area (Å²) in [5.74, 6) is 0.499. The first kappa shape index (κ1) is 17.6. The van der Waals surface area contributed by atoms with E-state index in [-0.39, 0.29) is 17.6 Å². The van der Waals surface area contributed by atoms with Crippen LogP contribution in [0.3, 0.4) is 0 Å². The number of carbonyl (C=O) groups is 2. The summed E-state index contributed by atoms with van der Waals surface area (Å²) in [5.41, 5.74) is 2.20. The van der Waals surface area contributed by atoms with Gasteiger partial charge in [0.25, 0.3) is 0 Å². The molecule has 0 radical (unpaired) electrons. The summed E-state index contributed by atoms with van der Waals surface area (Å²) in [4.78, 5) is 31.3. The monoisotopic (exact) mass is 368 g/mol. The molecular formula is C17H16N6O2S. The number of amides is 2. The first-order chi connectivity index (χ1) is 12.6. The molecule has 8 nitrogen and oxygen atoms in total. The third-order valence-electron chi connectivity index (χ3n) is 3.24. The number of hydrogen-bond acceptors (Lipinski definition) is 6. The number of hydrogen-bond donors (Lipinski definition) is 3. The van der Waals surface area contributed by atoms with E-state index in [4.69, 9.17) is 0 Å². The van der Waals surface area contributed by atoms with Crippen LogP contribution in [-0.4, -0.2) is 37.7 Å². The van der Waals surface area contributed by atoms with Crippen molar-refractivity contribution in [1.29, 1.82) is 0 Å². The highest BCUT2D eigenvalue weighted by atomic mass is 32.2. The largest absolute Gasteiger partial charge is 0.326 e. The highest BCUT2D eigenvalue weighted by molar-refractivity contribution is 7.99. The van der Waals surface area contributed by atoms with Crippen LogP contribution in [0.2, 0.25) is 0 Å². The van der Waals surface area contributed by atoms with Gasteiger partial charge < -0.3 is 10.6 Å². The van der Waals surface area contributed by atoms with Gasteiger partial charge >= 0.3 is 0 Å². The molecule has 0 fully saturated rings. The van der Waals surface area contributed by atoms with Gasteiger partial charge in [0.2, 0.25) is 17.0 Å². The standard InChI is InChI=1S/C17H16N6O2S/c1-11(24)19-13-2-4-14(5-3-13)20-15(25)10-26-17-21-16(22-23-17)12-6-8-18-9-7-12/h2-9H,10H2,1H3,(H,19,24)(H,20,25)(H,21,22,23). The van der Waals surface area contributed by atoms with Gasteiger partial charge in [-0.15, -0.1) is 5.10 Å².